The van der Waals surface area contributed by atoms with Crippen LogP contribution in [0.2, 0.25) is 0 Å². The van der Waals surface area contributed by atoms with Gasteiger partial charge in [0.1, 0.15) is 5.76 Å². The third kappa shape index (κ3) is 4.19. The van der Waals surface area contributed by atoms with Crippen LogP contribution < -0.4 is 5.73 Å². The number of hydrogen-bond donors (Lipinski definition) is 1. The van der Waals surface area contributed by atoms with E-state index in [9.17, 15) is 4.79 Å². The van der Waals surface area contributed by atoms with Crippen molar-refractivity contribution < 1.29 is 9.21 Å². The van der Waals surface area contributed by atoms with E-state index in [0.717, 1.165) is 17.1 Å². The predicted molar refractivity (Wildman–Crippen MR) is 84.7 cm³/mol. The van der Waals surface area contributed by atoms with E-state index in [-0.39, 0.29) is 11.8 Å². The molecule has 0 saturated carbocycles. The molecule has 21 heavy (non-hydrogen) atoms. The van der Waals surface area contributed by atoms with Crippen LogP contribution >= 0.6 is 11.3 Å². The molecular weight excluding hydrogens is 284 g/mol. The molecule has 2 aromatic heterocycles. The Morgan fingerprint density at radius 1 is 1.38 bits per heavy atom. The summed E-state index contributed by atoms with van der Waals surface area (Å²) in [5.74, 6) is 0.922. The summed E-state index contributed by atoms with van der Waals surface area (Å²) in [5.41, 5.74) is 6.11. The van der Waals surface area contributed by atoms with Crippen molar-refractivity contribution in [1.82, 2.24) is 4.90 Å². The fraction of sp³-hybridized carbons (Fsp3) is 0.438. The fourth-order valence-electron chi connectivity index (χ4n) is 2.10. The number of nitrogens with zero attached hydrogens (tertiary/aromatic N) is 1. The van der Waals surface area contributed by atoms with E-state index in [4.69, 9.17) is 10.2 Å². The van der Waals surface area contributed by atoms with E-state index in [0.29, 0.717) is 13.1 Å². The minimum absolute atomic E-state index is 0.0193. The monoisotopic (exact) mass is 306 g/mol. The van der Waals surface area contributed by atoms with Gasteiger partial charge in [-0.3, -0.25) is 4.79 Å². The van der Waals surface area contributed by atoms with Gasteiger partial charge in [0, 0.05) is 4.88 Å². The van der Waals surface area contributed by atoms with Gasteiger partial charge in [-0.15, -0.1) is 11.3 Å². The summed E-state index contributed by atoms with van der Waals surface area (Å²) < 4.78 is 5.37. The topological polar surface area (TPSA) is 59.5 Å². The van der Waals surface area contributed by atoms with Crippen molar-refractivity contribution in [2.75, 3.05) is 0 Å². The van der Waals surface area contributed by atoms with Crippen molar-refractivity contribution in [2.24, 2.45) is 11.7 Å². The molecule has 2 N–H and O–H groups in total. The summed E-state index contributed by atoms with van der Waals surface area (Å²) in [6.07, 6.45) is 2.51. The maximum Gasteiger partial charge on any atom is 0.240 e. The Morgan fingerprint density at radius 2 is 2.19 bits per heavy atom. The second-order valence-electron chi connectivity index (χ2n) is 5.26. The molecule has 2 atom stereocenters. The first-order valence-corrected chi connectivity index (χ1v) is 8.09. The molecule has 0 fully saturated rings. The number of carbonyl (C=O) groups excluding carboxylic acids is 1. The Balaban J connectivity index is 2.12. The van der Waals surface area contributed by atoms with Crippen LogP contribution in [0.5, 0.6) is 0 Å². The van der Waals surface area contributed by atoms with Gasteiger partial charge in [0.2, 0.25) is 5.91 Å². The second-order valence-corrected chi connectivity index (χ2v) is 6.30. The molecule has 5 heteroatoms. The third-order valence-corrected chi connectivity index (χ3v) is 4.57. The number of thiophene rings is 1. The maximum absolute atomic E-state index is 12.7. The third-order valence-electron chi connectivity index (χ3n) is 3.71. The van der Waals surface area contributed by atoms with Crippen molar-refractivity contribution in [3.63, 3.8) is 0 Å². The number of furan rings is 1. The number of amides is 1. The van der Waals surface area contributed by atoms with E-state index in [1.54, 1.807) is 22.5 Å². The van der Waals surface area contributed by atoms with Crippen molar-refractivity contribution >= 4 is 17.2 Å². The summed E-state index contributed by atoms with van der Waals surface area (Å²) in [4.78, 5) is 15.6. The Morgan fingerprint density at radius 3 is 2.76 bits per heavy atom. The average molecular weight is 306 g/mol. The highest BCUT2D eigenvalue weighted by atomic mass is 32.1. The first-order chi connectivity index (χ1) is 10.1. The normalized spacial score (nSPS) is 13.9. The smallest absolute Gasteiger partial charge is 0.240 e. The molecule has 0 saturated heterocycles. The molecule has 0 aliphatic carbocycles. The van der Waals surface area contributed by atoms with E-state index in [2.05, 4.69) is 0 Å². The molecule has 0 aliphatic heterocycles. The lowest BCUT2D eigenvalue weighted by Gasteiger charge is -2.27. The van der Waals surface area contributed by atoms with Crippen molar-refractivity contribution in [2.45, 2.75) is 39.4 Å². The molecular formula is C16H22N2O2S. The van der Waals surface area contributed by atoms with Gasteiger partial charge in [-0.25, -0.2) is 0 Å². The molecule has 2 aromatic rings. The number of rotatable bonds is 7. The van der Waals surface area contributed by atoms with Crippen LogP contribution in [0.25, 0.3) is 0 Å². The van der Waals surface area contributed by atoms with Gasteiger partial charge >= 0.3 is 0 Å². The fourth-order valence-corrected chi connectivity index (χ4v) is 2.82. The molecule has 0 aliphatic rings. The van der Waals surface area contributed by atoms with Crippen LogP contribution in [-0.4, -0.2) is 16.8 Å². The van der Waals surface area contributed by atoms with Gasteiger partial charge in [-0.05, 0) is 29.5 Å². The Bertz CT molecular complexity index is 500. The van der Waals surface area contributed by atoms with Gasteiger partial charge in [0.05, 0.1) is 25.4 Å². The largest absolute Gasteiger partial charge is 0.467 e. The Labute approximate surface area is 129 Å². The van der Waals surface area contributed by atoms with Gasteiger partial charge < -0.3 is 15.1 Å². The predicted octanol–water partition coefficient (Wildman–Crippen LogP) is 3.24. The van der Waals surface area contributed by atoms with E-state index in [1.807, 2.05) is 43.5 Å². The number of nitrogens with two attached hydrogens (primary N) is 1. The van der Waals surface area contributed by atoms with Gasteiger partial charge in [-0.2, -0.15) is 0 Å². The van der Waals surface area contributed by atoms with Crippen molar-refractivity contribution in [3.05, 3.63) is 46.5 Å². The van der Waals surface area contributed by atoms with Crippen LogP contribution in [0, 0.1) is 5.92 Å². The van der Waals surface area contributed by atoms with E-state index < -0.39 is 6.04 Å². The highest BCUT2D eigenvalue weighted by Gasteiger charge is 2.26. The highest BCUT2D eigenvalue weighted by Crippen LogP contribution is 2.17. The highest BCUT2D eigenvalue weighted by molar-refractivity contribution is 7.09. The van der Waals surface area contributed by atoms with E-state index in [1.165, 1.54) is 0 Å². The van der Waals surface area contributed by atoms with E-state index >= 15 is 0 Å². The van der Waals surface area contributed by atoms with Crippen molar-refractivity contribution in [3.8, 4) is 0 Å². The van der Waals surface area contributed by atoms with Gasteiger partial charge in [0.15, 0.2) is 0 Å². The van der Waals surface area contributed by atoms with Gasteiger partial charge in [-0.1, -0.05) is 26.3 Å². The molecule has 1 amide bonds. The lowest BCUT2D eigenvalue weighted by molar-refractivity contribution is -0.135. The zero-order chi connectivity index (χ0) is 15.2. The van der Waals surface area contributed by atoms with Crippen molar-refractivity contribution in [1.29, 1.82) is 0 Å². The molecule has 114 valence electrons. The maximum atomic E-state index is 12.7. The summed E-state index contributed by atoms with van der Waals surface area (Å²) in [6.45, 7) is 5.09. The average Bonchev–Trinajstić information content (AvgIpc) is 3.17. The summed E-state index contributed by atoms with van der Waals surface area (Å²) >= 11 is 1.64. The first-order valence-electron chi connectivity index (χ1n) is 7.21. The quantitative estimate of drug-likeness (QED) is 0.854. The van der Waals surface area contributed by atoms with Crippen LogP contribution in [-0.2, 0) is 17.9 Å². The van der Waals surface area contributed by atoms with Crippen LogP contribution in [0.1, 0.15) is 30.9 Å². The minimum atomic E-state index is -0.468. The lowest BCUT2D eigenvalue weighted by Crippen LogP contribution is -2.46. The Kier molecular flexibility index (Phi) is 5.59. The Hall–Kier alpha value is -1.59. The molecule has 0 aromatic carbocycles. The van der Waals surface area contributed by atoms with Crippen LogP contribution in [0.15, 0.2) is 40.3 Å². The molecule has 4 nitrogen and oxygen atoms in total. The first kappa shape index (κ1) is 15.8. The number of hydrogen-bond acceptors (Lipinski definition) is 4. The molecule has 2 rings (SSSR count). The molecule has 0 bridgehead atoms. The SMILES string of the molecule is CCC(C)[C@H](N)C(=O)N(Cc1ccco1)Cc1cccs1. The zero-order valence-electron chi connectivity index (χ0n) is 12.5. The second kappa shape index (κ2) is 7.43. The zero-order valence-corrected chi connectivity index (χ0v) is 13.3. The van der Waals surface area contributed by atoms with Gasteiger partial charge in [0.25, 0.3) is 0 Å². The standard InChI is InChI=1S/C16H22N2O2S/c1-3-12(2)15(17)16(19)18(10-13-6-4-8-20-13)11-14-7-5-9-21-14/h4-9,12,15H,3,10-11,17H2,1-2H3/t12?,15-/m0/s1. The molecule has 2 heterocycles. The minimum Gasteiger partial charge on any atom is -0.467 e. The number of carbonyl (C=O) groups is 1. The summed E-state index contributed by atoms with van der Waals surface area (Å²) in [6, 6.07) is 7.26. The van der Waals surface area contributed by atoms with Crippen LogP contribution in [0.4, 0.5) is 0 Å². The summed E-state index contributed by atoms with van der Waals surface area (Å²) in [5, 5.41) is 2.01. The molecule has 0 spiro atoms. The molecule has 0 radical (unpaired) electrons. The lowest BCUT2D eigenvalue weighted by atomic mass is 9.99. The van der Waals surface area contributed by atoms with Crippen LogP contribution in [0.3, 0.4) is 0 Å². The molecule has 1 unspecified atom stereocenters. The summed E-state index contributed by atoms with van der Waals surface area (Å²) in [7, 11) is 0.